The Morgan fingerprint density at radius 2 is 0.938 bits per heavy atom. The normalized spacial score (nSPS) is 28.4. The number of hydrogen-bond donors (Lipinski definition) is 2. The van der Waals surface area contributed by atoms with Crippen molar-refractivity contribution >= 4 is 0 Å². The molecule has 6 heteroatoms. The molecule has 0 unspecified atom stereocenters. The molecule has 2 aromatic rings. The molecule has 0 amide bonds. The van der Waals surface area contributed by atoms with E-state index < -0.39 is 36.6 Å². The lowest BCUT2D eigenvalue weighted by molar-refractivity contribution is -0.280. The monoisotopic (exact) mass is 444 g/mol. The number of hydrogen-bond acceptors (Lipinski definition) is 6. The van der Waals surface area contributed by atoms with Crippen molar-refractivity contribution in [3.05, 3.63) is 71.8 Å². The lowest BCUT2D eigenvalue weighted by atomic mass is 9.84. The molecule has 1 fully saturated rings. The highest BCUT2D eigenvalue weighted by Crippen LogP contribution is 2.32. The Kier molecular flexibility index (Phi) is 9.22. The van der Waals surface area contributed by atoms with E-state index in [2.05, 4.69) is 0 Å². The first kappa shape index (κ1) is 24.8. The fourth-order valence-corrected chi connectivity index (χ4v) is 4.01. The Morgan fingerprint density at radius 1 is 0.594 bits per heavy atom. The standard InChI is InChI=1S/C26H36O6/c1-17(2)31-25-23(29-15-19-11-7-5-8-12-19)21(27)22(28)24(26(25)32-18(3)4)30-16-20-13-9-6-10-14-20/h5-14,17-18,21-28H,15-16H2,1-4H3/t21-,22+,23-,24-,25+,26-/m0/s1. The Hall–Kier alpha value is -1.80. The van der Waals surface area contributed by atoms with Crippen molar-refractivity contribution in [2.45, 2.75) is 89.7 Å². The molecule has 0 aromatic heterocycles. The fraction of sp³-hybridized carbons (Fsp3) is 0.538. The Balaban J connectivity index is 1.83. The van der Waals surface area contributed by atoms with E-state index >= 15 is 0 Å². The predicted molar refractivity (Wildman–Crippen MR) is 122 cm³/mol. The molecule has 1 saturated carbocycles. The summed E-state index contributed by atoms with van der Waals surface area (Å²) >= 11 is 0. The van der Waals surface area contributed by atoms with Crippen molar-refractivity contribution in [1.29, 1.82) is 0 Å². The largest absolute Gasteiger partial charge is 0.387 e. The SMILES string of the molecule is CC(C)O[C@@H]1[C@H](OC(C)C)[C@@H](OCc2ccccc2)[C@@H](O)[C@@H](O)[C@@H]1OCc1ccccc1. The van der Waals surface area contributed by atoms with Crippen LogP contribution in [0.3, 0.4) is 0 Å². The van der Waals surface area contributed by atoms with Gasteiger partial charge < -0.3 is 29.2 Å². The van der Waals surface area contributed by atoms with Crippen LogP contribution < -0.4 is 0 Å². The first-order valence-electron chi connectivity index (χ1n) is 11.3. The summed E-state index contributed by atoms with van der Waals surface area (Å²) in [6.45, 7) is 8.29. The molecule has 176 valence electrons. The second-order valence-corrected chi connectivity index (χ2v) is 8.80. The van der Waals surface area contributed by atoms with Crippen LogP contribution in [-0.2, 0) is 32.2 Å². The molecule has 3 rings (SSSR count). The first-order valence-corrected chi connectivity index (χ1v) is 11.3. The number of aliphatic hydroxyl groups is 2. The Labute approximate surface area is 191 Å². The van der Waals surface area contributed by atoms with Crippen LogP contribution in [0.5, 0.6) is 0 Å². The maximum absolute atomic E-state index is 11.0. The second-order valence-electron chi connectivity index (χ2n) is 8.80. The summed E-state index contributed by atoms with van der Waals surface area (Å²) in [5.74, 6) is 0. The van der Waals surface area contributed by atoms with E-state index in [4.69, 9.17) is 18.9 Å². The first-order chi connectivity index (χ1) is 15.4. The van der Waals surface area contributed by atoms with Crippen molar-refractivity contribution in [3.8, 4) is 0 Å². The molecular weight excluding hydrogens is 408 g/mol. The maximum atomic E-state index is 11.0. The molecular formula is C26H36O6. The van der Waals surface area contributed by atoms with Gasteiger partial charge in [0.2, 0.25) is 0 Å². The van der Waals surface area contributed by atoms with Crippen molar-refractivity contribution in [1.82, 2.24) is 0 Å². The summed E-state index contributed by atoms with van der Waals surface area (Å²) in [6.07, 6.45) is -5.39. The predicted octanol–water partition coefficient (Wildman–Crippen LogP) is 3.48. The topological polar surface area (TPSA) is 77.4 Å². The number of rotatable bonds is 10. The van der Waals surface area contributed by atoms with Crippen molar-refractivity contribution in [3.63, 3.8) is 0 Å². The van der Waals surface area contributed by atoms with Gasteiger partial charge in [0, 0.05) is 0 Å². The van der Waals surface area contributed by atoms with Gasteiger partial charge in [0.25, 0.3) is 0 Å². The van der Waals surface area contributed by atoms with E-state index in [0.717, 1.165) is 11.1 Å². The minimum absolute atomic E-state index is 0.127. The fourth-order valence-electron chi connectivity index (χ4n) is 4.01. The van der Waals surface area contributed by atoms with Crippen LogP contribution in [0.2, 0.25) is 0 Å². The third kappa shape index (κ3) is 6.61. The molecule has 32 heavy (non-hydrogen) atoms. The van der Waals surface area contributed by atoms with Gasteiger partial charge in [0.15, 0.2) is 0 Å². The molecule has 6 nitrogen and oxygen atoms in total. The van der Waals surface area contributed by atoms with Gasteiger partial charge in [0.05, 0.1) is 25.4 Å². The molecule has 0 heterocycles. The average Bonchev–Trinajstić information content (AvgIpc) is 2.77. The highest BCUT2D eigenvalue weighted by atomic mass is 16.6. The van der Waals surface area contributed by atoms with Crippen LogP contribution in [0, 0.1) is 0 Å². The van der Waals surface area contributed by atoms with E-state index in [9.17, 15) is 10.2 Å². The highest BCUT2D eigenvalue weighted by Gasteiger charge is 2.53. The summed E-state index contributed by atoms with van der Waals surface area (Å²) in [5.41, 5.74) is 1.95. The van der Waals surface area contributed by atoms with Gasteiger partial charge in [-0.05, 0) is 38.8 Å². The van der Waals surface area contributed by atoms with Gasteiger partial charge in [0.1, 0.15) is 36.6 Å². The van der Waals surface area contributed by atoms with Crippen LogP contribution in [0.25, 0.3) is 0 Å². The van der Waals surface area contributed by atoms with Crippen LogP contribution in [-0.4, -0.2) is 59.0 Å². The molecule has 1 aliphatic carbocycles. The second kappa shape index (κ2) is 11.9. The van der Waals surface area contributed by atoms with Crippen molar-refractivity contribution < 1.29 is 29.2 Å². The molecule has 0 saturated heterocycles. The number of ether oxygens (including phenoxy) is 4. The van der Waals surface area contributed by atoms with Crippen LogP contribution in [0.15, 0.2) is 60.7 Å². The quantitative estimate of drug-likeness (QED) is 0.584. The van der Waals surface area contributed by atoms with Crippen molar-refractivity contribution in [2.24, 2.45) is 0 Å². The highest BCUT2D eigenvalue weighted by molar-refractivity contribution is 5.15. The van der Waals surface area contributed by atoms with E-state index in [0.29, 0.717) is 0 Å². The zero-order valence-corrected chi connectivity index (χ0v) is 19.3. The summed E-state index contributed by atoms with van der Waals surface area (Å²) in [6, 6.07) is 19.4. The molecule has 6 atom stereocenters. The van der Waals surface area contributed by atoms with Crippen LogP contribution in [0.1, 0.15) is 38.8 Å². The molecule has 0 bridgehead atoms. The lowest BCUT2D eigenvalue weighted by Crippen LogP contribution is -2.67. The van der Waals surface area contributed by atoms with Crippen molar-refractivity contribution in [2.75, 3.05) is 0 Å². The number of benzene rings is 2. The minimum atomic E-state index is -1.18. The number of aliphatic hydroxyl groups excluding tert-OH is 2. The van der Waals surface area contributed by atoms with Crippen LogP contribution in [0.4, 0.5) is 0 Å². The third-order valence-electron chi connectivity index (χ3n) is 5.42. The van der Waals surface area contributed by atoms with E-state index in [1.165, 1.54) is 0 Å². The van der Waals surface area contributed by atoms with Gasteiger partial charge in [-0.15, -0.1) is 0 Å². The van der Waals surface area contributed by atoms with Gasteiger partial charge in [-0.2, -0.15) is 0 Å². The van der Waals surface area contributed by atoms with Crippen LogP contribution >= 0.6 is 0 Å². The van der Waals surface area contributed by atoms with Gasteiger partial charge in [-0.1, -0.05) is 60.7 Å². The molecule has 2 aromatic carbocycles. The zero-order chi connectivity index (χ0) is 23.1. The van der Waals surface area contributed by atoms with E-state index in [1.54, 1.807) is 0 Å². The summed E-state index contributed by atoms with van der Waals surface area (Å²) in [4.78, 5) is 0. The van der Waals surface area contributed by atoms with Gasteiger partial charge >= 0.3 is 0 Å². The Bertz CT molecular complexity index is 714. The van der Waals surface area contributed by atoms with E-state index in [1.807, 2.05) is 88.4 Å². The minimum Gasteiger partial charge on any atom is -0.387 e. The third-order valence-corrected chi connectivity index (χ3v) is 5.42. The molecule has 0 spiro atoms. The zero-order valence-electron chi connectivity index (χ0n) is 19.3. The maximum Gasteiger partial charge on any atom is 0.115 e. The Morgan fingerprint density at radius 3 is 1.25 bits per heavy atom. The summed E-state index contributed by atoms with van der Waals surface area (Å²) < 4.78 is 24.6. The van der Waals surface area contributed by atoms with E-state index in [-0.39, 0.29) is 25.4 Å². The molecule has 2 N–H and O–H groups in total. The summed E-state index contributed by atoms with van der Waals surface area (Å²) in [7, 11) is 0. The lowest BCUT2D eigenvalue weighted by Gasteiger charge is -2.48. The molecule has 0 radical (unpaired) electrons. The summed E-state index contributed by atoms with van der Waals surface area (Å²) in [5, 5.41) is 22.1. The molecule has 1 aliphatic rings. The van der Waals surface area contributed by atoms with Gasteiger partial charge in [-0.3, -0.25) is 0 Å². The van der Waals surface area contributed by atoms with Gasteiger partial charge in [-0.25, -0.2) is 0 Å². The smallest absolute Gasteiger partial charge is 0.115 e. The average molecular weight is 445 g/mol. The molecule has 0 aliphatic heterocycles.